The largest absolute Gasteiger partial charge is 0.462 e. The third-order valence-corrected chi connectivity index (χ3v) is 7.45. The molecule has 0 atom stereocenters. The fourth-order valence-electron chi connectivity index (χ4n) is 4.12. The molecule has 0 fully saturated rings. The number of esters is 1. The standard InChI is InChI=1S/C19H15ClN4O2S.C8H7ClN4S/c1-3-26-19(25)17-15(12-7-5-4-6-8-12)22-18(27-17)16-11(2)21-14-10-9-13(20)23-24(14)16;1-4-7(8(10)14)13-6(11-4)3-2-5(9)12-13/h4-10H,3H2,1-2H3;2-3H,1H3,(H2,10,14). The molecule has 0 saturated heterocycles. The summed E-state index contributed by atoms with van der Waals surface area (Å²) in [4.78, 5) is 26.7. The normalized spacial score (nSPS) is 11.0. The van der Waals surface area contributed by atoms with E-state index in [4.69, 9.17) is 50.9 Å². The van der Waals surface area contributed by atoms with Crippen LogP contribution in [0, 0.1) is 13.8 Å². The summed E-state index contributed by atoms with van der Waals surface area (Å²) in [7, 11) is 0. The number of ether oxygens (including phenoxy) is 1. The minimum atomic E-state index is -0.391. The second-order valence-corrected chi connectivity index (χ2v) is 10.8. The van der Waals surface area contributed by atoms with Gasteiger partial charge in [-0.15, -0.1) is 11.3 Å². The number of halogens is 2. The molecule has 5 aromatic heterocycles. The van der Waals surface area contributed by atoms with Gasteiger partial charge in [0.1, 0.15) is 36.6 Å². The van der Waals surface area contributed by atoms with E-state index in [0.29, 0.717) is 55.2 Å². The number of aryl methyl sites for hydroxylation is 2. The lowest BCUT2D eigenvalue weighted by Gasteiger charge is -2.01. The van der Waals surface area contributed by atoms with E-state index in [0.717, 1.165) is 17.0 Å². The lowest BCUT2D eigenvalue weighted by molar-refractivity contribution is 0.0532. The summed E-state index contributed by atoms with van der Waals surface area (Å²) >= 11 is 18.0. The van der Waals surface area contributed by atoms with Crippen molar-refractivity contribution in [1.29, 1.82) is 0 Å². The fourth-order valence-corrected chi connectivity index (χ4v) is 5.69. The Labute approximate surface area is 253 Å². The summed E-state index contributed by atoms with van der Waals surface area (Å²) in [5.74, 6) is -0.391. The number of benzene rings is 1. The first-order valence-electron chi connectivity index (χ1n) is 12.2. The number of nitrogens with zero attached hydrogens (tertiary/aromatic N) is 7. The van der Waals surface area contributed by atoms with Crippen molar-refractivity contribution < 1.29 is 9.53 Å². The van der Waals surface area contributed by atoms with Gasteiger partial charge >= 0.3 is 5.97 Å². The van der Waals surface area contributed by atoms with Gasteiger partial charge in [0.15, 0.2) is 11.3 Å². The highest BCUT2D eigenvalue weighted by Gasteiger charge is 2.24. The van der Waals surface area contributed by atoms with Crippen molar-refractivity contribution in [3.05, 3.63) is 86.9 Å². The zero-order chi connectivity index (χ0) is 29.3. The maximum atomic E-state index is 12.5. The smallest absolute Gasteiger partial charge is 0.350 e. The van der Waals surface area contributed by atoms with Crippen LogP contribution in [0.15, 0.2) is 54.6 Å². The predicted molar refractivity (Wildman–Crippen MR) is 164 cm³/mol. The molecule has 0 aliphatic heterocycles. The topological polar surface area (TPSA) is 126 Å². The van der Waals surface area contributed by atoms with Crippen LogP contribution in [0.5, 0.6) is 0 Å². The van der Waals surface area contributed by atoms with Crippen molar-refractivity contribution in [3.8, 4) is 22.0 Å². The lowest BCUT2D eigenvalue weighted by Crippen LogP contribution is -2.14. The minimum absolute atomic E-state index is 0.268. The molecule has 10 nitrogen and oxygen atoms in total. The quantitative estimate of drug-likeness (QED) is 0.182. The van der Waals surface area contributed by atoms with Crippen molar-refractivity contribution in [3.63, 3.8) is 0 Å². The van der Waals surface area contributed by atoms with Crippen LogP contribution in [0.25, 0.3) is 33.3 Å². The van der Waals surface area contributed by atoms with Crippen LogP contribution in [0.4, 0.5) is 0 Å². The van der Waals surface area contributed by atoms with Gasteiger partial charge in [0, 0.05) is 5.56 Å². The summed E-state index contributed by atoms with van der Waals surface area (Å²) in [5.41, 5.74) is 11.2. The Hall–Kier alpha value is -3.97. The van der Waals surface area contributed by atoms with Crippen LogP contribution in [0.1, 0.15) is 33.7 Å². The van der Waals surface area contributed by atoms with Gasteiger partial charge in [0.05, 0.1) is 23.7 Å². The zero-order valence-corrected chi connectivity index (χ0v) is 25.1. The van der Waals surface area contributed by atoms with Crippen molar-refractivity contribution >= 4 is 69.0 Å². The van der Waals surface area contributed by atoms with E-state index < -0.39 is 5.97 Å². The molecular weight excluding hydrogens is 603 g/mol. The van der Waals surface area contributed by atoms with E-state index in [2.05, 4.69) is 20.2 Å². The van der Waals surface area contributed by atoms with Crippen molar-refractivity contribution in [2.75, 3.05) is 6.61 Å². The van der Waals surface area contributed by atoms with E-state index in [9.17, 15) is 4.79 Å². The van der Waals surface area contributed by atoms with Gasteiger partial charge in [-0.2, -0.15) is 10.2 Å². The molecule has 41 heavy (non-hydrogen) atoms. The first-order chi connectivity index (χ1) is 19.7. The molecule has 1 aromatic carbocycles. The van der Waals surface area contributed by atoms with E-state index in [1.807, 2.05) is 44.2 Å². The predicted octanol–water partition coefficient (Wildman–Crippen LogP) is 5.98. The monoisotopic (exact) mass is 624 g/mol. The van der Waals surface area contributed by atoms with Crippen molar-refractivity contribution in [2.24, 2.45) is 5.73 Å². The van der Waals surface area contributed by atoms with Gasteiger partial charge < -0.3 is 10.5 Å². The molecule has 0 saturated carbocycles. The molecule has 0 radical (unpaired) electrons. The fraction of sp³-hybridized carbons (Fsp3) is 0.148. The third-order valence-electron chi connectivity index (χ3n) is 5.81. The molecule has 0 spiro atoms. The number of hydrogen-bond donors (Lipinski definition) is 1. The second-order valence-electron chi connectivity index (χ2n) is 8.59. The van der Waals surface area contributed by atoms with E-state index in [1.54, 1.807) is 40.2 Å². The molecule has 6 rings (SSSR count). The van der Waals surface area contributed by atoms with Crippen molar-refractivity contribution in [1.82, 2.24) is 34.2 Å². The number of rotatable bonds is 5. The Balaban J connectivity index is 0.000000202. The highest BCUT2D eigenvalue weighted by molar-refractivity contribution is 7.80. The molecule has 6 aromatic rings. The molecule has 5 heterocycles. The summed E-state index contributed by atoms with van der Waals surface area (Å²) in [6, 6.07) is 16.5. The molecule has 208 valence electrons. The van der Waals surface area contributed by atoms with E-state index in [-0.39, 0.29) is 4.99 Å². The maximum absolute atomic E-state index is 12.5. The number of fused-ring (bicyclic) bond motifs is 2. The first kappa shape index (κ1) is 28.6. The number of aromatic nitrogens is 7. The Morgan fingerprint density at radius 3 is 2.17 bits per heavy atom. The van der Waals surface area contributed by atoms with Crippen molar-refractivity contribution in [2.45, 2.75) is 20.8 Å². The van der Waals surface area contributed by atoms with Crippen LogP contribution in [0.3, 0.4) is 0 Å². The molecule has 0 aliphatic carbocycles. The average molecular weight is 626 g/mol. The second kappa shape index (κ2) is 11.9. The first-order valence-corrected chi connectivity index (χ1v) is 14.2. The third kappa shape index (κ3) is 5.77. The minimum Gasteiger partial charge on any atom is -0.462 e. The Bertz CT molecular complexity index is 1920. The van der Waals surface area contributed by atoms with Crippen LogP contribution in [0.2, 0.25) is 10.3 Å². The number of carbonyl (C=O) groups is 1. The molecule has 0 aliphatic rings. The number of imidazole rings is 2. The van der Waals surface area contributed by atoms with Crippen LogP contribution in [-0.4, -0.2) is 51.7 Å². The van der Waals surface area contributed by atoms with Gasteiger partial charge in [-0.05, 0) is 45.0 Å². The molecule has 0 unspecified atom stereocenters. The van der Waals surface area contributed by atoms with Gasteiger partial charge in [-0.3, -0.25) is 0 Å². The number of hydrogen-bond acceptors (Lipinski definition) is 9. The summed E-state index contributed by atoms with van der Waals surface area (Å²) in [6.07, 6.45) is 0. The average Bonchev–Trinajstić information content (AvgIpc) is 3.61. The summed E-state index contributed by atoms with van der Waals surface area (Å²) < 4.78 is 8.44. The number of carbonyl (C=O) groups excluding carboxylic acids is 1. The van der Waals surface area contributed by atoms with Crippen LogP contribution < -0.4 is 5.73 Å². The number of nitrogens with two attached hydrogens (primary N) is 1. The maximum Gasteiger partial charge on any atom is 0.350 e. The van der Waals surface area contributed by atoms with Gasteiger partial charge in [0.25, 0.3) is 0 Å². The van der Waals surface area contributed by atoms with E-state index in [1.165, 1.54) is 11.3 Å². The van der Waals surface area contributed by atoms with E-state index >= 15 is 0 Å². The zero-order valence-electron chi connectivity index (χ0n) is 22.0. The lowest BCUT2D eigenvalue weighted by atomic mass is 10.1. The Morgan fingerprint density at radius 1 is 0.927 bits per heavy atom. The molecule has 2 N–H and O–H groups in total. The highest BCUT2D eigenvalue weighted by Crippen LogP contribution is 2.36. The molecule has 14 heteroatoms. The highest BCUT2D eigenvalue weighted by atomic mass is 35.5. The van der Waals surface area contributed by atoms with Gasteiger partial charge in [-0.25, -0.2) is 28.8 Å². The SMILES string of the molecule is CCOC(=O)c1sc(-c2c(C)nc3ccc(Cl)nn23)nc1-c1ccccc1.Cc1nc2ccc(Cl)nn2c1C(N)=S. The van der Waals surface area contributed by atoms with Crippen LogP contribution >= 0.6 is 46.8 Å². The molecule has 0 amide bonds. The summed E-state index contributed by atoms with van der Waals surface area (Å²) in [5, 5.41) is 9.78. The Kier molecular flexibility index (Phi) is 8.27. The molecular formula is C27H22Cl2N8O2S2. The number of thiocarbonyl (C=S) groups is 1. The van der Waals surface area contributed by atoms with Gasteiger partial charge in [0.2, 0.25) is 0 Å². The van der Waals surface area contributed by atoms with Crippen LogP contribution in [-0.2, 0) is 4.74 Å². The number of thiazole rings is 1. The van der Waals surface area contributed by atoms with Gasteiger partial charge in [-0.1, -0.05) is 65.8 Å². The summed E-state index contributed by atoms with van der Waals surface area (Å²) in [6.45, 7) is 5.79. The Morgan fingerprint density at radius 2 is 1.54 bits per heavy atom. The molecule has 0 bridgehead atoms.